The summed E-state index contributed by atoms with van der Waals surface area (Å²) in [7, 11) is 0. The average Bonchev–Trinajstić information content (AvgIpc) is 1.94. The molecule has 0 bridgehead atoms. The highest BCUT2D eigenvalue weighted by Gasteiger charge is 1.96. The van der Waals surface area contributed by atoms with Gasteiger partial charge in [0.05, 0.1) is 0 Å². The minimum absolute atomic E-state index is 0.500. The Morgan fingerprint density at radius 1 is 0.667 bits per heavy atom. The molecule has 0 spiro atoms. The summed E-state index contributed by atoms with van der Waals surface area (Å²) in [5.41, 5.74) is 0.500. The fourth-order valence-electron chi connectivity index (χ4n) is 1.11. The molecule has 94 valence electrons. The van der Waals surface area contributed by atoms with E-state index in [0.717, 1.165) is 11.8 Å². The van der Waals surface area contributed by atoms with Gasteiger partial charge in [-0.05, 0) is 17.3 Å². The third-order valence-electron chi connectivity index (χ3n) is 1.81. The van der Waals surface area contributed by atoms with Crippen molar-refractivity contribution in [2.75, 3.05) is 0 Å². The van der Waals surface area contributed by atoms with Crippen LogP contribution in [0.5, 0.6) is 0 Å². The lowest BCUT2D eigenvalue weighted by molar-refractivity contribution is 0.469. The maximum atomic E-state index is 2.30. The molecule has 0 N–H and O–H groups in total. The number of hydrogen-bond donors (Lipinski definition) is 0. The third kappa shape index (κ3) is 41.1. The number of rotatable bonds is 5. The van der Waals surface area contributed by atoms with Crippen molar-refractivity contribution in [1.29, 1.82) is 0 Å². The van der Waals surface area contributed by atoms with E-state index in [1.54, 1.807) is 0 Å². The smallest absolute Gasteiger partial charge is 0.0411 e. The van der Waals surface area contributed by atoms with Gasteiger partial charge in [0.1, 0.15) is 0 Å². The van der Waals surface area contributed by atoms with Crippen LogP contribution in [0.2, 0.25) is 0 Å². The molecule has 0 aliphatic heterocycles. The lowest BCUT2D eigenvalue weighted by Gasteiger charge is -2.05. The molecule has 0 unspecified atom stereocenters. The molecule has 0 heterocycles. The first kappa shape index (κ1) is 17.4. The van der Waals surface area contributed by atoms with Gasteiger partial charge in [-0.2, -0.15) is 0 Å². The van der Waals surface area contributed by atoms with Crippen LogP contribution in [0, 0.1) is 17.3 Å². The molecule has 0 nitrogen and oxygen atoms in total. The normalized spacial score (nSPS) is 11.6. The van der Waals surface area contributed by atoms with Crippen molar-refractivity contribution in [3.8, 4) is 0 Å². The summed E-state index contributed by atoms with van der Waals surface area (Å²) in [6.07, 6.45) is 5.67. The second-order valence-electron chi connectivity index (χ2n) is 7.07. The molecule has 0 heteroatoms. The zero-order chi connectivity index (χ0) is 12.5. The first-order valence-electron chi connectivity index (χ1n) is 6.63. The lowest BCUT2D eigenvalue weighted by Crippen LogP contribution is -1.93. The molecule has 0 saturated heterocycles. The van der Waals surface area contributed by atoms with Crippen LogP contribution in [0.1, 0.15) is 81.1 Å². The molecule has 0 aliphatic rings. The van der Waals surface area contributed by atoms with Crippen molar-refractivity contribution >= 4 is 0 Å². The monoisotopic (exact) mass is 214 g/mol. The van der Waals surface area contributed by atoms with E-state index >= 15 is 0 Å². The lowest BCUT2D eigenvalue weighted by atomic mass is 10.0. The summed E-state index contributed by atoms with van der Waals surface area (Å²) < 4.78 is 0. The summed E-state index contributed by atoms with van der Waals surface area (Å²) in [5.74, 6) is 1.79. The van der Waals surface area contributed by atoms with Crippen LogP contribution >= 0.6 is 0 Å². The summed E-state index contributed by atoms with van der Waals surface area (Å²) in [5, 5.41) is 0. The first-order valence-corrected chi connectivity index (χ1v) is 6.63. The second-order valence-corrected chi connectivity index (χ2v) is 7.07. The molecule has 0 aliphatic carbocycles. The Bertz CT molecular complexity index is 98.5. The van der Waals surface area contributed by atoms with E-state index in [1.165, 1.54) is 25.7 Å². The minimum Gasteiger partial charge on any atom is -0.0628 e. The number of unbranched alkanes of at least 4 members (excludes halogenated alkanes) is 1. The van der Waals surface area contributed by atoms with Gasteiger partial charge in [-0.15, -0.1) is 0 Å². The third-order valence-corrected chi connectivity index (χ3v) is 1.81. The predicted octanol–water partition coefficient (Wildman–Crippen LogP) is 5.91. The van der Waals surface area contributed by atoms with Gasteiger partial charge in [0.2, 0.25) is 0 Å². The van der Waals surface area contributed by atoms with Crippen molar-refractivity contribution in [1.82, 2.24) is 0 Å². The highest BCUT2D eigenvalue weighted by atomic mass is 14.0. The zero-order valence-electron chi connectivity index (χ0n) is 12.5. The molecule has 0 radical (unpaired) electrons. The van der Waals surface area contributed by atoms with Crippen LogP contribution in [-0.2, 0) is 0 Å². The fraction of sp³-hybridized carbons (Fsp3) is 1.00. The van der Waals surface area contributed by atoms with Crippen molar-refractivity contribution in [3.63, 3.8) is 0 Å². The van der Waals surface area contributed by atoms with Crippen molar-refractivity contribution in [3.05, 3.63) is 0 Å². The SMILES string of the molecule is CC(C)(C)C.CC(C)CCCCC(C)C. The van der Waals surface area contributed by atoms with E-state index in [1.807, 2.05) is 0 Å². The van der Waals surface area contributed by atoms with Crippen LogP contribution < -0.4 is 0 Å². The summed E-state index contributed by atoms with van der Waals surface area (Å²) in [4.78, 5) is 0. The predicted molar refractivity (Wildman–Crippen MR) is 73.3 cm³/mol. The molecular weight excluding hydrogens is 180 g/mol. The van der Waals surface area contributed by atoms with Crippen LogP contribution in [0.15, 0.2) is 0 Å². The van der Waals surface area contributed by atoms with Crippen LogP contribution in [0.4, 0.5) is 0 Å². The van der Waals surface area contributed by atoms with E-state index in [0.29, 0.717) is 5.41 Å². The quantitative estimate of drug-likeness (QED) is 0.499. The van der Waals surface area contributed by atoms with Crippen LogP contribution in [0.25, 0.3) is 0 Å². The van der Waals surface area contributed by atoms with Gasteiger partial charge in [-0.25, -0.2) is 0 Å². The van der Waals surface area contributed by atoms with Gasteiger partial charge >= 0.3 is 0 Å². The van der Waals surface area contributed by atoms with E-state index in [2.05, 4.69) is 55.4 Å². The summed E-state index contributed by atoms with van der Waals surface area (Å²) in [6.45, 7) is 18.0. The topological polar surface area (TPSA) is 0 Å². The highest BCUT2D eigenvalue weighted by molar-refractivity contribution is 4.49. The Morgan fingerprint density at radius 3 is 1.00 bits per heavy atom. The highest BCUT2D eigenvalue weighted by Crippen LogP contribution is 2.11. The molecular formula is C15H34. The van der Waals surface area contributed by atoms with Gasteiger partial charge < -0.3 is 0 Å². The van der Waals surface area contributed by atoms with E-state index in [9.17, 15) is 0 Å². The van der Waals surface area contributed by atoms with Crippen LogP contribution in [0.3, 0.4) is 0 Å². The fourth-order valence-corrected chi connectivity index (χ4v) is 1.11. The Hall–Kier alpha value is 0. The van der Waals surface area contributed by atoms with E-state index in [4.69, 9.17) is 0 Å². The molecule has 0 aromatic rings. The summed E-state index contributed by atoms with van der Waals surface area (Å²) in [6, 6.07) is 0. The Kier molecular flexibility index (Phi) is 10.7. The van der Waals surface area contributed by atoms with Crippen molar-refractivity contribution in [2.45, 2.75) is 81.1 Å². The van der Waals surface area contributed by atoms with Gasteiger partial charge in [0.25, 0.3) is 0 Å². The molecule has 15 heavy (non-hydrogen) atoms. The molecule has 0 saturated carbocycles. The Morgan fingerprint density at radius 2 is 0.867 bits per heavy atom. The molecule has 0 fully saturated rings. The minimum atomic E-state index is 0.500. The van der Waals surface area contributed by atoms with Gasteiger partial charge in [0, 0.05) is 0 Å². The van der Waals surface area contributed by atoms with E-state index in [-0.39, 0.29) is 0 Å². The summed E-state index contributed by atoms with van der Waals surface area (Å²) >= 11 is 0. The zero-order valence-corrected chi connectivity index (χ0v) is 12.5. The standard InChI is InChI=1S/C10H22.C5H12/c1-9(2)7-5-6-8-10(3)4;1-5(2,3)4/h9-10H,5-8H2,1-4H3;1-4H3. The molecule has 0 amide bonds. The maximum absolute atomic E-state index is 2.30. The molecule has 0 aromatic heterocycles. The largest absolute Gasteiger partial charge is 0.0628 e. The Labute approximate surface area is 98.9 Å². The number of hydrogen-bond acceptors (Lipinski definition) is 0. The molecule has 0 aromatic carbocycles. The maximum Gasteiger partial charge on any atom is -0.0411 e. The van der Waals surface area contributed by atoms with E-state index < -0.39 is 0 Å². The van der Waals surface area contributed by atoms with Gasteiger partial charge in [0.15, 0.2) is 0 Å². The van der Waals surface area contributed by atoms with Gasteiger partial charge in [-0.1, -0.05) is 81.1 Å². The average molecular weight is 214 g/mol. The van der Waals surface area contributed by atoms with Crippen molar-refractivity contribution < 1.29 is 0 Å². The second kappa shape index (κ2) is 9.24. The van der Waals surface area contributed by atoms with Crippen LogP contribution in [-0.4, -0.2) is 0 Å². The molecule has 0 atom stereocenters. The molecule has 0 rings (SSSR count). The van der Waals surface area contributed by atoms with Crippen molar-refractivity contribution in [2.24, 2.45) is 17.3 Å². The first-order chi connectivity index (χ1) is 6.63. The Balaban J connectivity index is 0. The van der Waals surface area contributed by atoms with Gasteiger partial charge in [-0.3, -0.25) is 0 Å².